The van der Waals surface area contributed by atoms with Gasteiger partial charge in [0.1, 0.15) is 22.8 Å². The predicted molar refractivity (Wildman–Crippen MR) is 124 cm³/mol. The zero-order valence-corrected chi connectivity index (χ0v) is 23.4. The van der Waals surface area contributed by atoms with Crippen LogP contribution in [0.3, 0.4) is 0 Å². The van der Waals surface area contributed by atoms with Gasteiger partial charge in [-0.05, 0) is 0 Å². The van der Waals surface area contributed by atoms with Crippen LogP contribution in [-0.2, 0) is 19.9 Å². The predicted octanol–water partition coefficient (Wildman–Crippen LogP) is -5.47. The number of thiocarbonyl (C=S) groups is 1. The number of rotatable bonds is 11. The van der Waals surface area contributed by atoms with E-state index in [0.717, 1.165) is 23.1 Å². The summed E-state index contributed by atoms with van der Waals surface area (Å²) >= 11 is 7.19. The van der Waals surface area contributed by atoms with Gasteiger partial charge in [0.05, 0.1) is 19.3 Å². The first-order valence-corrected chi connectivity index (χ1v) is 12.7. The topological polar surface area (TPSA) is 214 Å². The second-order valence-corrected chi connectivity index (χ2v) is 10.1. The molecule has 34 heavy (non-hydrogen) atoms. The van der Waals surface area contributed by atoms with E-state index in [1.807, 2.05) is 0 Å². The molecule has 2 atom stereocenters. The molecule has 1 amide bonds. The van der Waals surface area contributed by atoms with Crippen molar-refractivity contribution in [1.82, 2.24) is 14.2 Å². The third-order valence-corrected chi connectivity index (χ3v) is 7.41. The number of anilines is 1. The van der Waals surface area contributed by atoms with Crippen molar-refractivity contribution in [2.45, 2.75) is 12.1 Å². The molecular weight excluding hydrogens is 543 g/mol. The monoisotopic (exact) mass is 564 g/mol. The molecule has 0 saturated carbocycles. The zero-order valence-electron chi connectivity index (χ0n) is 18.1. The Balaban J connectivity index is 0.00000578. The van der Waals surface area contributed by atoms with Crippen molar-refractivity contribution in [2.24, 2.45) is 10.1 Å². The molecule has 1 aliphatic heterocycles. The van der Waals surface area contributed by atoms with Gasteiger partial charge in [0.15, 0.2) is 11.2 Å². The molecule has 0 aromatic carbocycles. The van der Waals surface area contributed by atoms with E-state index in [9.17, 15) is 22.9 Å². The van der Waals surface area contributed by atoms with E-state index >= 15 is 0 Å². The van der Waals surface area contributed by atoms with Crippen LogP contribution in [0.2, 0.25) is 0 Å². The minimum atomic E-state index is -4.92. The average Bonchev–Trinajstić information content (AvgIpc) is 3.17. The van der Waals surface area contributed by atoms with Gasteiger partial charge in [0.2, 0.25) is 0 Å². The number of nitrogen functional groups attached to an aromatic ring is 1. The van der Waals surface area contributed by atoms with Gasteiger partial charge in [0, 0.05) is 30.1 Å². The van der Waals surface area contributed by atoms with E-state index in [1.54, 1.807) is 0 Å². The number of nitrogens with zero attached hydrogens (tertiary/aromatic N) is 5. The van der Waals surface area contributed by atoms with Crippen LogP contribution < -0.4 is 40.4 Å². The minimum absolute atomic E-state index is 0. The van der Waals surface area contributed by atoms with Gasteiger partial charge in [-0.25, -0.2) is 9.29 Å². The summed E-state index contributed by atoms with van der Waals surface area (Å²) in [5.74, 6) is -2.27. The first-order chi connectivity index (χ1) is 15.5. The normalized spacial score (nSPS) is 18.8. The van der Waals surface area contributed by atoms with E-state index < -0.39 is 34.2 Å². The molecule has 1 fully saturated rings. The van der Waals surface area contributed by atoms with Crippen LogP contribution in [0.4, 0.5) is 5.13 Å². The molecule has 14 nitrogen and oxygen atoms in total. The molecule has 1 aromatic heterocycles. The number of hydrogen-bond acceptors (Lipinski definition) is 14. The largest absolute Gasteiger partial charge is 1.00 e. The van der Waals surface area contributed by atoms with Gasteiger partial charge in [-0.1, -0.05) is 29.1 Å². The van der Waals surface area contributed by atoms with E-state index in [2.05, 4.69) is 20.0 Å². The summed E-state index contributed by atoms with van der Waals surface area (Å²) in [5, 5.41) is 36.1. The van der Waals surface area contributed by atoms with Crippen molar-refractivity contribution >= 4 is 72.6 Å². The van der Waals surface area contributed by atoms with E-state index in [4.69, 9.17) is 28.2 Å². The van der Waals surface area contributed by atoms with Crippen LogP contribution in [0.15, 0.2) is 15.5 Å². The van der Waals surface area contributed by atoms with Gasteiger partial charge < -0.3 is 30.8 Å². The Labute approximate surface area is 231 Å². The number of β-lactam (4-membered cyclic amide) rings is 1. The summed E-state index contributed by atoms with van der Waals surface area (Å²) in [6, 6.07) is -2.68. The number of carbonyl (C=O) groups is 1. The van der Waals surface area contributed by atoms with Crippen molar-refractivity contribution in [3.05, 3.63) is 11.1 Å². The van der Waals surface area contributed by atoms with Crippen molar-refractivity contribution in [2.75, 3.05) is 44.9 Å². The average molecular weight is 565 g/mol. The molecule has 19 heteroatoms. The smallest absolute Gasteiger partial charge is 0.857 e. The number of carbonyl (C=O) groups excluding carboxylic acids is 1. The first kappa shape index (κ1) is 30.9. The molecule has 0 radical (unpaired) electrons. The third-order valence-electron chi connectivity index (χ3n) is 4.17. The molecule has 184 valence electrons. The van der Waals surface area contributed by atoms with Crippen LogP contribution in [-0.4, -0.2) is 110 Å². The maximum atomic E-state index is 12.7. The summed E-state index contributed by atoms with van der Waals surface area (Å²) in [7, 11) is -3.74. The Kier molecular flexibility index (Phi) is 12.6. The van der Waals surface area contributed by atoms with E-state index in [0.29, 0.717) is 0 Å². The van der Waals surface area contributed by atoms with Crippen LogP contribution >= 0.6 is 35.3 Å². The number of thioether (sulfide) groups is 1. The molecule has 1 aromatic rings. The summed E-state index contributed by atoms with van der Waals surface area (Å²) < 4.78 is 33.1. The fraction of sp³-hybridized carbons (Fsp3) is 0.533. The number of hydrogen-bond donors (Lipinski definition) is 4. The van der Waals surface area contributed by atoms with Gasteiger partial charge in [-0.2, -0.15) is 8.42 Å². The SMILES string of the molecule is CO/N=C(/C([O-])=N[C@@H]1C(=O)N(S(=O)(=O)O)[C@@H]1CSC(=S)N(CCO)CCO)c1csc(N)n1.[Na+]. The number of aromatic nitrogens is 1. The fourth-order valence-electron chi connectivity index (χ4n) is 2.74. The van der Waals surface area contributed by atoms with Crippen molar-refractivity contribution in [3.63, 3.8) is 0 Å². The van der Waals surface area contributed by atoms with Gasteiger partial charge in [-0.15, -0.1) is 11.3 Å². The Morgan fingerprint density at radius 3 is 2.53 bits per heavy atom. The van der Waals surface area contributed by atoms with E-state index in [-0.39, 0.29) is 86.8 Å². The van der Waals surface area contributed by atoms with Gasteiger partial charge in [0.25, 0.3) is 5.91 Å². The molecular formula is C15H21N6NaO8S4. The Bertz CT molecular complexity index is 1030. The third kappa shape index (κ3) is 7.70. The quantitative estimate of drug-likeness (QED) is 0.0376. The summed E-state index contributed by atoms with van der Waals surface area (Å²) in [4.78, 5) is 26.2. The molecule has 0 bridgehead atoms. The molecule has 0 spiro atoms. The van der Waals surface area contributed by atoms with Gasteiger partial charge >= 0.3 is 39.9 Å². The van der Waals surface area contributed by atoms with Crippen molar-refractivity contribution < 1.29 is 67.5 Å². The second-order valence-electron chi connectivity index (χ2n) is 6.26. The number of aliphatic hydroxyl groups is 2. The summed E-state index contributed by atoms with van der Waals surface area (Å²) in [5.41, 5.74) is 5.27. The molecule has 0 unspecified atom stereocenters. The first-order valence-electron chi connectivity index (χ1n) is 9.06. The maximum Gasteiger partial charge on any atom is 1.00 e. The number of thiazole rings is 1. The fourth-order valence-corrected chi connectivity index (χ4v) is 5.65. The Morgan fingerprint density at radius 1 is 1.44 bits per heavy atom. The molecule has 1 saturated heterocycles. The number of amides is 1. The van der Waals surface area contributed by atoms with E-state index in [1.165, 1.54) is 17.4 Å². The minimum Gasteiger partial charge on any atom is -0.857 e. The van der Waals surface area contributed by atoms with Crippen LogP contribution in [0.5, 0.6) is 0 Å². The molecule has 0 aliphatic carbocycles. The number of aliphatic hydroxyl groups excluding tert-OH is 2. The number of oxime groups is 1. The van der Waals surface area contributed by atoms with Gasteiger partial charge in [-0.3, -0.25) is 14.3 Å². The number of nitrogens with two attached hydrogens (primary N) is 1. The zero-order chi connectivity index (χ0) is 24.8. The molecule has 5 N–H and O–H groups in total. The number of aliphatic imine (C=N–C) groups is 1. The van der Waals surface area contributed by atoms with Crippen molar-refractivity contribution in [1.29, 1.82) is 0 Å². The molecule has 2 rings (SSSR count). The standard InChI is InChI=1S/C15H22N6O8S4.Na/c1-29-19-10(8-6-31-14(16)17-8)12(24)18-11-9(21(13(11)25)33(26,27)28)7-32-15(30)20(2-4-22)3-5-23;/h6,9,11,22-23H,2-5,7H2,1H3,(H2,16,17)(H,18,24)(H,26,27,28);/q;+1/p-1/b19-10+;/t9-,11+;/m1./s1. The Morgan fingerprint density at radius 2 is 2.06 bits per heavy atom. The summed E-state index contributed by atoms with van der Waals surface area (Å²) in [6.07, 6.45) is 0. The van der Waals surface area contributed by atoms with Crippen molar-refractivity contribution in [3.8, 4) is 0 Å². The van der Waals surface area contributed by atoms with Crippen LogP contribution in [0, 0.1) is 0 Å². The van der Waals surface area contributed by atoms with Crippen LogP contribution in [0.25, 0.3) is 0 Å². The second kappa shape index (κ2) is 13.9. The molecule has 1 aliphatic rings. The Hall–Kier alpha value is -1.09. The summed E-state index contributed by atoms with van der Waals surface area (Å²) in [6.45, 7) is -0.236. The van der Waals surface area contributed by atoms with Crippen LogP contribution in [0.1, 0.15) is 5.69 Å². The molecule has 2 heterocycles. The maximum absolute atomic E-state index is 12.7.